The highest BCUT2D eigenvalue weighted by molar-refractivity contribution is 7.25. The van der Waals surface area contributed by atoms with Crippen LogP contribution >= 0.6 is 11.3 Å². The monoisotopic (exact) mass is 633 g/mol. The summed E-state index contributed by atoms with van der Waals surface area (Å²) in [5, 5.41) is 4.84. The molecule has 3 heterocycles. The van der Waals surface area contributed by atoms with Gasteiger partial charge >= 0.3 is 0 Å². The highest BCUT2D eigenvalue weighted by Gasteiger charge is 2.36. The third-order valence-corrected chi connectivity index (χ3v) is 10.6. The number of rotatable bonds is 4. The maximum atomic E-state index is 6.31. The highest BCUT2D eigenvalue weighted by Crippen LogP contribution is 2.48. The first kappa shape index (κ1) is 27.2. The van der Waals surface area contributed by atoms with Gasteiger partial charge in [-0.15, -0.1) is 11.3 Å². The van der Waals surface area contributed by atoms with Gasteiger partial charge in [0.1, 0.15) is 11.9 Å². The Bertz CT molecular complexity index is 2620. The normalized spacial score (nSPS) is 16.5. The van der Waals surface area contributed by atoms with Crippen molar-refractivity contribution in [3.8, 4) is 39.9 Å². The largest absolute Gasteiger partial charge is 0.485 e. The van der Waals surface area contributed by atoms with Crippen LogP contribution in [-0.2, 0) is 0 Å². The zero-order valence-electron chi connectivity index (χ0n) is 25.7. The standard InChI is InChI=1S/C43H27N3OS/c1-2-9-27(10-3-1)41-44-42(46-43(45-41)30-21-22-34-33-11-5-7-16-38(33)48-39(34)25-30)29-20-18-26-17-19-28(23-31(26)24-29)32-13-8-15-37-40(32)35-12-4-6-14-36(35)47-37/h1-25,37,40H. The molecule has 10 rings (SSSR count). The van der Waals surface area contributed by atoms with Gasteiger partial charge in [0, 0.05) is 42.4 Å². The van der Waals surface area contributed by atoms with E-state index in [1.165, 1.54) is 42.3 Å². The van der Waals surface area contributed by atoms with Gasteiger partial charge in [-0.25, -0.2) is 15.0 Å². The van der Waals surface area contributed by atoms with Crippen LogP contribution in [-0.4, -0.2) is 21.1 Å². The molecule has 8 aromatic rings. The van der Waals surface area contributed by atoms with E-state index in [-0.39, 0.29) is 12.0 Å². The molecule has 0 spiro atoms. The number of para-hydroxylation sites is 1. The van der Waals surface area contributed by atoms with Crippen LogP contribution in [0.1, 0.15) is 17.0 Å². The first-order valence-electron chi connectivity index (χ1n) is 16.2. The lowest BCUT2D eigenvalue weighted by atomic mass is 9.81. The minimum absolute atomic E-state index is 0.0104. The zero-order chi connectivity index (χ0) is 31.6. The third kappa shape index (κ3) is 4.47. The van der Waals surface area contributed by atoms with Gasteiger partial charge in [0.2, 0.25) is 0 Å². The summed E-state index contributed by atoms with van der Waals surface area (Å²) in [7, 11) is 0. The van der Waals surface area contributed by atoms with Crippen molar-refractivity contribution in [2.45, 2.75) is 12.0 Å². The SMILES string of the molecule is C1=CC2Oc3ccccc3C2C(c2ccc3ccc(-c4nc(-c5ccccc5)nc(-c5ccc6c(c5)sc5ccccc56)n4)cc3c2)=C1. The van der Waals surface area contributed by atoms with Crippen LogP contribution in [0.3, 0.4) is 0 Å². The van der Waals surface area contributed by atoms with E-state index in [1.807, 2.05) is 24.3 Å². The lowest BCUT2D eigenvalue weighted by molar-refractivity contribution is 0.271. The maximum absolute atomic E-state index is 6.31. The quantitative estimate of drug-likeness (QED) is 0.193. The van der Waals surface area contributed by atoms with Crippen molar-refractivity contribution in [2.24, 2.45) is 0 Å². The van der Waals surface area contributed by atoms with Gasteiger partial charge in [0.25, 0.3) is 0 Å². The second-order valence-corrected chi connectivity index (χ2v) is 13.4. The molecule has 0 saturated carbocycles. The Hall–Kier alpha value is -5.91. The zero-order valence-corrected chi connectivity index (χ0v) is 26.6. The van der Waals surface area contributed by atoms with E-state index >= 15 is 0 Å². The van der Waals surface area contributed by atoms with Crippen molar-refractivity contribution in [1.29, 1.82) is 0 Å². The molecule has 226 valence electrons. The number of nitrogens with zero attached hydrogens (tertiary/aromatic N) is 3. The van der Waals surface area contributed by atoms with Crippen LogP contribution in [0.15, 0.2) is 152 Å². The predicted molar refractivity (Wildman–Crippen MR) is 197 cm³/mol. The minimum Gasteiger partial charge on any atom is -0.485 e. The molecule has 1 aliphatic carbocycles. The number of ether oxygens (including phenoxy) is 1. The van der Waals surface area contributed by atoms with Crippen molar-refractivity contribution in [1.82, 2.24) is 15.0 Å². The molecule has 2 aromatic heterocycles. The molecule has 0 bridgehead atoms. The molecule has 5 heteroatoms. The summed E-state index contributed by atoms with van der Waals surface area (Å²) < 4.78 is 8.81. The Morgan fingerprint density at radius 3 is 2.06 bits per heavy atom. The van der Waals surface area contributed by atoms with Gasteiger partial charge < -0.3 is 4.74 Å². The Morgan fingerprint density at radius 1 is 0.521 bits per heavy atom. The summed E-state index contributed by atoms with van der Waals surface area (Å²) in [6.45, 7) is 0. The topological polar surface area (TPSA) is 47.9 Å². The predicted octanol–water partition coefficient (Wildman–Crippen LogP) is 10.9. The number of hydrogen-bond donors (Lipinski definition) is 0. The smallest absolute Gasteiger partial charge is 0.164 e. The van der Waals surface area contributed by atoms with Crippen molar-refractivity contribution < 1.29 is 4.74 Å². The highest BCUT2D eigenvalue weighted by atomic mass is 32.1. The molecule has 48 heavy (non-hydrogen) atoms. The second-order valence-electron chi connectivity index (χ2n) is 12.4. The van der Waals surface area contributed by atoms with Gasteiger partial charge in [-0.1, -0.05) is 115 Å². The van der Waals surface area contributed by atoms with Crippen molar-refractivity contribution >= 4 is 47.9 Å². The third-order valence-electron chi connectivity index (χ3n) is 9.49. The fourth-order valence-electron chi connectivity index (χ4n) is 7.16. The molecule has 2 atom stereocenters. The summed E-state index contributed by atoms with van der Waals surface area (Å²) in [6.07, 6.45) is 6.52. The summed E-state index contributed by atoms with van der Waals surface area (Å²) in [5.74, 6) is 3.12. The Balaban J connectivity index is 1.09. The average molecular weight is 634 g/mol. The second kappa shape index (κ2) is 10.8. The Labute approximate surface area is 281 Å². The molecule has 2 unspecified atom stereocenters. The van der Waals surface area contributed by atoms with E-state index in [9.17, 15) is 0 Å². The molecule has 0 radical (unpaired) electrons. The fraction of sp³-hybridized carbons (Fsp3) is 0.0465. The van der Waals surface area contributed by atoms with E-state index < -0.39 is 0 Å². The molecule has 2 aliphatic rings. The lowest BCUT2D eigenvalue weighted by Crippen LogP contribution is -2.19. The fourth-order valence-corrected chi connectivity index (χ4v) is 8.31. The Kier molecular flexibility index (Phi) is 6.14. The Morgan fingerprint density at radius 2 is 1.19 bits per heavy atom. The van der Waals surface area contributed by atoms with Crippen LogP contribution in [0.25, 0.3) is 70.7 Å². The number of hydrogen-bond acceptors (Lipinski definition) is 5. The number of allylic oxidation sites excluding steroid dienone is 2. The van der Waals surface area contributed by atoms with E-state index in [0.717, 1.165) is 27.8 Å². The maximum Gasteiger partial charge on any atom is 0.164 e. The van der Waals surface area contributed by atoms with Gasteiger partial charge in [-0.05, 0) is 58.3 Å². The molecule has 0 fully saturated rings. The van der Waals surface area contributed by atoms with E-state index in [0.29, 0.717) is 17.5 Å². The van der Waals surface area contributed by atoms with Gasteiger partial charge in [0.05, 0.1) is 5.92 Å². The van der Waals surface area contributed by atoms with Gasteiger partial charge in [0.15, 0.2) is 17.5 Å². The van der Waals surface area contributed by atoms with E-state index in [2.05, 4.69) is 127 Å². The summed E-state index contributed by atoms with van der Waals surface area (Å²) in [4.78, 5) is 15.1. The summed E-state index contributed by atoms with van der Waals surface area (Å²) >= 11 is 1.80. The molecule has 0 N–H and O–H groups in total. The van der Waals surface area contributed by atoms with Crippen LogP contribution < -0.4 is 4.74 Å². The number of aromatic nitrogens is 3. The van der Waals surface area contributed by atoms with Crippen molar-refractivity contribution in [3.05, 3.63) is 163 Å². The molecule has 4 nitrogen and oxygen atoms in total. The molecule has 6 aromatic carbocycles. The minimum atomic E-state index is 0.0104. The van der Waals surface area contributed by atoms with Crippen molar-refractivity contribution in [3.63, 3.8) is 0 Å². The molecular formula is C43H27N3OS. The molecule has 1 aliphatic heterocycles. The average Bonchev–Trinajstić information content (AvgIpc) is 3.73. The van der Waals surface area contributed by atoms with Crippen molar-refractivity contribution in [2.75, 3.05) is 0 Å². The summed E-state index contributed by atoms with van der Waals surface area (Å²) in [5.41, 5.74) is 6.59. The van der Waals surface area contributed by atoms with Gasteiger partial charge in [-0.2, -0.15) is 0 Å². The number of thiophene rings is 1. The van der Waals surface area contributed by atoms with E-state index in [4.69, 9.17) is 19.7 Å². The lowest BCUT2D eigenvalue weighted by Gasteiger charge is -2.23. The van der Waals surface area contributed by atoms with Gasteiger partial charge in [-0.3, -0.25) is 0 Å². The van der Waals surface area contributed by atoms with Crippen LogP contribution in [0.5, 0.6) is 5.75 Å². The molecule has 0 amide bonds. The van der Waals surface area contributed by atoms with Crippen LogP contribution in [0, 0.1) is 0 Å². The van der Waals surface area contributed by atoms with Crippen LogP contribution in [0.4, 0.5) is 0 Å². The first-order valence-corrected chi connectivity index (χ1v) is 17.0. The number of benzene rings is 6. The van der Waals surface area contributed by atoms with Crippen LogP contribution in [0.2, 0.25) is 0 Å². The first-order chi connectivity index (χ1) is 23.7. The molecule has 0 saturated heterocycles. The summed E-state index contributed by atoms with van der Waals surface area (Å²) in [6, 6.07) is 46.9. The van der Waals surface area contributed by atoms with E-state index in [1.54, 1.807) is 11.3 Å². The molecular weight excluding hydrogens is 607 g/mol. The number of fused-ring (bicyclic) bond motifs is 7.